The molecular formula is C15H17N5O6. The van der Waals surface area contributed by atoms with Crippen LogP contribution in [0.4, 0.5) is 5.95 Å². The molecule has 1 fully saturated rings. The molecule has 11 nitrogen and oxygen atoms in total. The number of rotatable bonds is 5. The Morgan fingerprint density at radius 3 is 3.04 bits per heavy atom. The quantitative estimate of drug-likeness (QED) is 0.461. The SMILES string of the molecule is C#CCO[C@@H]1[C@H](O)[C@@H](CO)O[C@H]1n1cnc2c(=O)[nH]c(NC(C)=O)nc21. The van der Waals surface area contributed by atoms with Crippen LogP contribution in [0.15, 0.2) is 11.1 Å². The van der Waals surface area contributed by atoms with Gasteiger partial charge in [0.05, 0.1) is 12.9 Å². The molecule has 0 unspecified atom stereocenters. The van der Waals surface area contributed by atoms with E-state index >= 15 is 0 Å². The molecule has 3 heterocycles. The standard InChI is InChI=1S/C15H17N5O6/c1-3-4-25-11-10(23)8(5-21)26-14(11)20-6-16-9-12(20)18-15(17-7(2)22)19-13(9)24/h1,6,8,10-11,14,21,23H,4-5H2,2H3,(H2,17,18,19,22,24)/t8-,10-,11-,14-/m1/s1. The van der Waals surface area contributed by atoms with Crippen molar-refractivity contribution in [3.05, 3.63) is 16.7 Å². The average Bonchev–Trinajstić information content (AvgIpc) is 3.13. The molecule has 0 aromatic carbocycles. The van der Waals surface area contributed by atoms with Gasteiger partial charge in [0.25, 0.3) is 5.56 Å². The third-order valence-electron chi connectivity index (χ3n) is 3.85. The first-order valence-corrected chi connectivity index (χ1v) is 7.70. The minimum absolute atomic E-state index is 0.0142. The molecule has 4 atom stereocenters. The molecule has 2 aromatic rings. The smallest absolute Gasteiger partial charge is 0.280 e. The van der Waals surface area contributed by atoms with Crippen LogP contribution in [0.5, 0.6) is 0 Å². The fourth-order valence-corrected chi connectivity index (χ4v) is 2.76. The zero-order valence-corrected chi connectivity index (χ0v) is 13.7. The van der Waals surface area contributed by atoms with Crippen LogP contribution in [0.2, 0.25) is 0 Å². The molecular weight excluding hydrogens is 346 g/mol. The van der Waals surface area contributed by atoms with E-state index in [1.165, 1.54) is 17.8 Å². The largest absolute Gasteiger partial charge is 0.394 e. The van der Waals surface area contributed by atoms with E-state index in [4.69, 9.17) is 15.9 Å². The number of imidazole rings is 1. The number of H-pyrrole nitrogens is 1. The van der Waals surface area contributed by atoms with E-state index < -0.39 is 42.6 Å². The van der Waals surface area contributed by atoms with Crippen LogP contribution < -0.4 is 10.9 Å². The van der Waals surface area contributed by atoms with Crippen molar-refractivity contribution in [3.63, 3.8) is 0 Å². The van der Waals surface area contributed by atoms with Gasteiger partial charge in [0.2, 0.25) is 11.9 Å². The van der Waals surface area contributed by atoms with Crippen LogP contribution in [-0.2, 0) is 14.3 Å². The number of aromatic nitrogens is 4. The van der Waals surface area contributed by atoms with E-state index in [-0.39, 0.29) is 23.7 Å². The summed E-state index contributed by atoms with van der Waals surface area (Å²) in [6, 6.07) is 0. The number of fused-ring (bicyclic) bond motifs is 1. The molecule has 138 valence electrons. The lowest BCUT2D eigenvalue weighted by Crippen LogP contribution is -2.35. The van der Waals surface area contributed by atoms with Gasteiger partial charge in [-0.2, -0.15) is 4.98 Å². The molecule has 1 amide bonds. The minimum atomic E-state index is -1.15. The zero-order chi connectivity index (χ0) is 18.8. The molecule has 1 saturated heterocycles. The number of aliphatic hydroxyl groups is 2. The summed E-state index contributed by atoms with van der Waals surface area (Å²) in [5.41, 5.74) is -0.432. The van der Waals surface area contributed by atoms with Crippen molar-refractivity contribution in [2.75, 3.05) is 18.5 Å². The topological polar surface area (TPSA) is 152 Å². The molecule has 26 heavy (non-hydrogen) atoms. The van der Waals surface area contributed by atoms with E-state index in [9.17, 15) is 19.8 Å². The lowest BCUT2D eigenvalue weighted by atomic mass is 10.1. The van der Waals surface area contributed by atoms with Gasteiger partial charge in [-0.3, -0.25) is 24.5 Å². The van der Waals surface area contributed by atoms with E-state index in [1.54, 1.807) is 0 Å². The Balaban J connectivity index is 2.05. The van der Waals surface area contributed by atoms with Crippen molar-refractivity contribution in [3.8, 4) is 12.3 Å². The maximum absolute atomic E-state index is 12.1. The number of aliphatic hydroxyl groups excluding tert-OH is 2. The van der Waals surface area contributed by atoms with Gasteiger partial charge >= 0.3 is 0 Å². The number of amides is 1. The third-order valence-corrected chi connectivity index (χ3v) is 3.85. The second-order valence-corrected chi connectivity index (χ2v) is 5.64. The van der Waals surface area contributed by atoms with Gasteiger partial charge in [-0.1, -0.05) is 5.92 Å². The normalized spacial score (nSPS) is 25.3. The molecule has 11 heteroatoms. The van der Waals surface area contributed by atoms with Crippen LogP contribution in [-0.4, -0.2) is 67.2 Å². The summed E-state index contributed by atoms with van der Waals surface area (Å²) in [5.74, 6) is 1.82. The van der Waals surface area contributed by atoms with E-state index in [0.717, 1.165) is 0 Å². The second kappa shape index (κ2) is 7.22. The van der Waals surface area contributed by atoms with E-state index in [1.807, 2.05) is 0 Å². The van der Waals surface area contributed by atoms with Crippen molar-refractivity contribution >= 4 is 23.0 Å². The highest BCUT2D eigenvalue weighted by atomic mass is 16.6. The third kappa shape index (κ3) is 3.18. The highest BCUT2D eigenvalue weighted by Crippen LogP contribution is 2.33. The van der Waals surface area contributed by atoms with Gasteiger partial charge in [0.1, 0.15) is 24.9 Å². The molecule has 0 bridgehead atoms. The molecule has 0 saturated carbocycles. The van der Waals surface area contributed by atoms with Gasteiger partial charge in [0.15, 0.2) is 17.4 Å². The lowest BCUT2D eigenvalue weighted by molar-refractivity contribution is -0.114. The van der Waals surface area contributed by atoms with Crippen molar-refractivity contribution in [1.29, 1.82) is 0 Å². The first-order valence-electron chi connectivity index (χ1n) is 7.70. The Kier molecular flexibility index (Phi) is 5.01. The predicted octanol–water partition coefficient (Wildman–Crippen LogP) is -1.65. The maximum Gasteiger partial charge on any atom is 0.280 e. The molecule has 0 radical (unpaired) electrons. The van der Waals surface area contributed by atoms with Crippen molar-refractivity contribution in [2.45, 2.75) is 31.5 Å². The summed E-state index contributed by atoms with van der Waals surface area (Å²) in [7, 11) is 0. The van der Waals surface area contributed by atoms with Gasteiger partial charge in [0, 0.05) is 6.92 Å². The molecule has 0 aliphatic carbocycles. The van der Waals surface area contributed by atoms with Crippen LogP contribution in [0.25, 0.3) is 11.2 Å². The molecule has 2 aromatic heterocycles. The summed E-state index contributed by atoms with van der Waals surface area (Å²) in [4.78, 5) is 33.9. The Hall–Kier alpha value is -2.78. The fraction of sp³-hybridized carbons (Fsp3) is 0.467. The first-order chi connectivity index (χ1) is 12.5. The Morgan fingerprint density at radius 1 is 1.62 bits per heavy atom. The number of ether oxygens (including phenoxy) is 2. The number of nitrogens with zero attached hydrogens (tertiary/aromatic N) is 3. The highest BCUT2D eigenvalue weighted by molar-refractivity contribution is 5.87. The van der Waals surface area contributed by atoms with Crippen molar-refractivity contribution in [2.24, 2.45) is 0 Å². The number of carbonyl (C=O) groups is 1. The Bertz CT molecular complexity index is 915. The van der Waals surface area contributed by atoms with Crippen molar-refractivity contribution in [1.82, 2.24) is 19.5 Å². The molecule has 4 N–H and O–H groups in total. The molecule has 1 aliphatic rings. The average molecular weight is 363 g/mol. The number of hydrogen-bond donors (Lipinski definition) is 4. The summed E-state index contributed by atoms with van der Waals surface area (Å²) in [5, 5.41) is 22.0. The van der Waals surface area contributed by atoms with Crippen molar-refractivity contribution < 1.29 is 24.5 Å². The number of nitrogens with one attached hydrogen (secondary N) is 2. The first kappa shape index (κ1) is 18.0. The van der Waals surface area contributed by atoms with Gasteiger partial charge in [-0.15, -0.1) is 6.42 Å². The minimum Gasteiger partial charge on any atom is -0.394 e. The number of hydrogen-bond acceptors (Lipinski definition) is 8. The summed E-state index contributed by atoms with van der Waals surface area (Å²) >= 11 is 0. The number of terminal acetylenes is 1. The molecule has 1 aliphatic heterocycles. The molecule has 0 spiro atoms. The van der Waals surface area contributed by atoms with E-state index in [2.05, 4.69) is 26.2 Å². The zero-order valence-electron chi connectivity index (χ0n) is 13.7. The van der Waals surface area contributed by atoms with Gasteiger partial charge < -0.3 is 19.7 Å². The number of carbonyl (C=O) groups excluding carboxylic acids is 1. The molecule has 3 rings (SSSR count). The fourth-order valence-electron chi connectivity index (χ4n) is 2.76. The summed E-state index contributed by atoms with van der Waals surface area (Å²) < 4.78 is 12.5. The van der Waals surface area contributed by atoms with E-state index in [0.29, 0.717) is 0 Å². The lowest BCUT2D eigenvalue weighted by Gasteiger charge is -2.21. The number of aromatic amines is 1. The summed E-state index contributed by atoms with van der Waals surface area (Å²) in [6.07, 6.45) is 2.60. The van der Waals surface area contributed by atoms with Crippen LogP contribution in [0.1, 0.15) is 13.2 Å². The van der Waals surface area contributed by atoms with Crippen LogP contribution in [0.3, 0.4) is 0 Å². The van der Waals surface area contributed by atoms with Gasteiger partial charge in [-0.05, 0) is 0 Å². The summed E-state index contributed by atoms with van der Waals surface area (Å²) in [6.45, 7) is 0.746. The van der Waals surface area contributed by atoms with Crippen LogP contribution in [0, 0.1) is 12.3 Å². The highest BCUT2D eigenvalue weighted by Gasteiger charge is 2.45. The Labute approximate surface area is 147 Å². The Morgan fingerprint density at radius 2 is 2.38 bits per heavy atom. The monoisotopic (exact) mass is 363 g/mol. The number of anilines is 1. The van der Waals surface area contributed by atoms with Crippen LogP contribution >= 0.6 is 0 Å². The maximum atomic E-state index is 12.1. The van der Waals surface area contributed by atoms with Gasteiger partial charge in [-0.25, -0.2) is 4.98 Å². The predicted molar refractivity (Wildman–Crippen MR) is 88.0 cm³/mol. The second-order valence-electron chi connectivity index (χ2n) is 5.64.